The number of hydrogen-bond acceptors (Lipinski definition) is 3. The molecule has 0 unspecified atom stereocenters. The van der Waals surface area contributed by atoms with Crippen LogP contribution in [0.2, 0.25) is 0 Å². The lowest BCUT2D eigenvalue weighted by atomic mass is 10.2. The van der Waals surface area contributed by atoms with Crippen LogP contribution in [0.5, 0.6) is 0 Å². The third-order valence-electron chi connectivity index (χ3n) is 2.89. The quantitative estimate of drug-likeness (QED) is 0.899. The smallest absolute Gasteiger partial charge is 0.270 e. The summed E-state index contributed by atoms with van der Waals surface area (Å²) in [4.78, 5) is 16.7. The van der Waals surface area contributed by atoms with Crippen molar-refractivity contribution in [1.82, 2.24) is 14.7 Å². The van der Waals surface area contributed by atoms with Crippen LogP contribution in [0.25, 0.3) is 5.65 Å². The molecule has 0 saturated carbocycles. The fourth-order valence-electron chi connectivity index (χ4n) is 2.06. The lowest BCUT2D eigenvalue weighted by Crippen LogP contribution is -2.28. The molecular weight excluding hydrogens is 310 g/mol. The van der Waals surface area contributed by atoms with Crippen LogP contribution < -0.4 is 5.32 Å². The van der Waals surface area contributed by atoms with E-state index >= 15 is 0 Å². The molecule has 0 fully saturated rings. The van der Waals surface area contributed by atoms with E-state index in [2.05, 4.69) is 26.2 Å². The lowest BCUT2D eigenvalue weighted by Gasteiger charge is -2.06. The normalized spacial score (nSPS) is 10.9. The van der Waals surface area contributed by atoms with Crippen LogP contribution in [0.15, 0.2) is 16.7 Å². The number of aliphatic hydroxyl groups excluding tert-OH is 1. The van der Waals surface area contributed by atoms with Gasteiger partial charge in [0, 0.05) is 17.2 Å². The predicted molar refractivity (Wildman–Crippen MR) is 76.4 cm³/mol. The molecule has 0 aliphatic carbocycles. The van der Waals surface area contributed by atoms with Crippen molar-refractivity contribution >= 4 is 27.5 Å². The number of fused-ring (bicyclic) bond motifs is 1. The molecule has 0 bridgehead atoms. The lowest BCUT2D eigenvalue weighted by molar-refractivity contribution is 0.0938. The van der Waals surface area contributed by atoms with E-state index < -0.39 is 0 Å². The number of carbonyl (C=O) groups is 1. The highest BCUT2D eigenvalue weighted by Gasteiger charge is 2.19. The molecule has 0 spiro atoms. The number of nitrogens with zero attached hydrogens (tertiary/aromatic N) is 2. The maximum atomic E-state index is 12.2. The monoisotopic (exact) mass is 325 g/mol. The molecule has 1 amide bonds. The number of carbonyl (C=O) groups excluding carboxylic acids is 1. The minimum absolute atomic E-state index is 0.0767. The maximum absolute atomic E-state index is 12.2. The van der Waals surface area contributed by atoms with Crippen molar-refractivity contribution in [2.24, 2.45) is 0 Å². The molecule has 2 heterocycles. The van der Waals surface area contributed by atoms with Gasteiger partial charge in [0.1, 0.15) is 11.3 Å². The van der Waals surface area contributed by atoms with Gasteiger partial charge in [-0.1, -0.05) is 6.92 Å². The number of pyridine rings is 1. The standard InChI is InChI=1S/C13H16BrN3O2/c1-3-10-11(13(19)15-4-5-18)17-7-9(14)6-8(2)12(17)16-10/h6-7,18H,3-5H2,1-2H3,(H,15,19). The summed E-state index contributed by atoms with van der Waals surface area (Å²) in [5.41, 5.74) is 3.09. The Morgan fingerprint density at radius 2 is 2.32 bits per heavy atom. The molecule has 0 atom stereocenters. The molecule has 2 rings (SSSR count). The molecule has 19 heavy (non-hydrogen) atoms. The Kier molecular flexibility index (Phi) is 4.21. The number of aryl methyl sites for hydroxylation is 2. The topological polar surface area (TPSA) is 66.6 Å². The number of aliphatic hydroxyl groups is 1. The zero-order chi connectivity index (χ0) is 14.0. The first-order chi connectivity index (χ1) is 9.08. The van der Waals surface area contributed by atoms with E-state index in [0.29, 0.717) is 12.1 Å². The molecule has 5 nitrogen and oxygen atoms in total. The van der Waals surface area contributed by atoms with Crippen LogP contribution in [0.3, 0.4) is 0 Å². The van der Waals surface area contributed by atoms with Crippen molar-refractivity contribution in [1.29, 1.82) is 0 Å². The molecule has 0 saturated heterocycles. The number of imidazole rings is 1. The summed E-state index contributed by atoms with van der Waals surface area (Å²) >= 11 is 3.43. The summed E-state index contributed by atoms with van der Waals surface area (Å²) in [6.45, 7) is 4.09. The van der Waals surface area contributed by atoms with Gasteiger partial charge in [0.25, 0.3) is 5.91 Å². The van der Waals surface area contributed by atoms with Gasteiger partial charge < -0.3 is 10.4 Å². The number of hydrogen-bond donors (Lipinski definition) is 2. The Bertz CT molecular complexity index is 622. The maximum Gasteiger partial charge on any atom is 0.270 e. The molecule has 2 aromatic rings. The van der Waals surface area contributed by atoms with Gasteiger partial charge in [0.15, 0.2) is 0 Å². The van der Waals surface area contributed by atoms with Crippen molar-refractivity contribution in [3.63, 3.8) is 0 Å². The van der Waals surface area contributed by atoms with Crippen molar-refractivity contribution in [3.05, 3.63) is 33.7 Å². The fourth-order valence-corrected chi connectivity index (χ4v) is 2.60. The van der Waals surface area contributed by atoms with Gasteiger partial charge >= 0.3 is 0 Å². The second kappa shape index (κ2) is 5.71. The van der Waals surface area contributed by atoms with Crippen LogP contribution >= 0.6 is 15.9 Å². The molecule has 0 aromatic carbocycles. The number of aromatic nitrogens is 2. The van der Waals surface area contributed by atoms with E-state index in [1.807, 2.05) is 26.1 Å². The Morgan fingerprint density at radius 3 is 2.95 bits per heavy atom. The first kappa shape index (κ1) is 14.0. The summed E-state index contributed by atoms with van der Waals surface area (Å²) in [5.74, 6) is -0.212. The number of rotatable bonds is 4. The number of nitrogens with one attached hydrogen (secondary N) is 1. The third kappa shape index (κ3) is 2.64. The molecule has 0 radical (unpaired) electrons. The SMILES string of the molecule is CCc1nc2c(C)cc(Br)cn2c1C(=O)NCCO. The Balaban J connectivity index is 2.60. The number of amides is 1. The van der Waals surface area contributed by atoms with Crippen LogP contribution in [0.4, 0.5) is 0 Å². The van der Waals surface area contributed by atoms with E-state index in [4.69, 9.17) is 5.11 Å². The van der Waals surface area contributed by atoms with Gasteiger partial charge in [-0.25, -0.2) is 4.98 Å². The zero-order valence-electron chi connectivity index (χ0n) is 10.9. The first-order valence-electron chi connectivity index (χ1n) is 6.14. The van der Waals surface area contributed by atoms with Gasteiger partial charge in [0.05, 0.1) is 12.3 Å². The van der Waals surface area contributed by atoms with E-state index in [1.54, 1.807) is 4.40 Å². The van der Waals surface area contributed by atoms with E-state index in [1.165, 1.54) is 0 Å². The van der Waals surface area contributed by atoms with Gasteiger partial charge in [-0.2, -0.15) is 0 Å². The molecule has 0 aliphatic rings. The molecule has 2 N–H and O–H groups in total. The average molecular weight is 326 g/mol. The molecular formula is C13H16BrN3O2. The van der Waals surface area contributed by atoms with Crippen molar-refractivity contribution in [2.45, 2.75) is 20.3 Å². The second-order valence-corrected chi connectivity index (χ2v) is 5.19. The van der Waals surface area contributed by atoms with Crippen LogP contribution in [0.1, 0.15) is 28.7 Å². The Morgan fingerprint density at radius 1 is 1.58 bits per heavy atom. The van der Waals surface area contributed by atoms with Crippen molar-refractivity contribution in [3.8, 4) is 0 Å². The van der Waals surface area contributed by atoms with Crippen LogP contribution in [-0.2, 0) is 6.42 Å². The van der Waals surface area contributed by atoms with Gasteiger partial charge in [-0.3, -0.25) is 9.20 Å². The minimum atomic E-state index is -0.212. The summed E-state index contributed by atoms with van der Waals surface area (Å²) in [5, 5.41) is 11.5. The Hall–Kier alpha value is -1.40. The van der Waals surface area contributed by atoms with Crippen LogP contribution in [0, 0.1) is 6.92 Å². The van der Waals surface area contributed by atoms with Crippen molar-refractivity contribution < 1.29 is 9.90 Å². The second-order valence-electron chi connectivity index (χ2n) is 4.28. The average Bonchev–Trinajstić information content (AvgIpc) is 2.74. The van der Waals surface area contributed by atoms with Crippen molar-refractivity contribution in [2.75, 3.05) is 13.2 Å². The summed E-state index contributed by atoms with van der Waals surface area (Å²) in [7, 11) is 0. The summed E-state index contributed by atoms with van der Waals surface area (Å²) in [6, 6.07) is 1.97. The summed E-state index contributed by atoms with van der Waals surface area (Å²) < 4.78 is 2.69. The van der Waals surface area contributed by atoms with E-state index in [0.717, 1.165) is 21.4 Å². The minimum Gasteiger partial charge on any atom is -0.395 e. The van der Waals surface area contributed by atoms with E-state index in [-0.39, 0.29) is 19.1 Å². The van der Waals surface area contributed by atoms with E-state index in [9.17, 15) is 4.79 Å². The highest BCUT2D eigenvalue weighted by molar-refractivity contribution is 9.10. The largest absolute Gasteiger partial charge is 0.395 e. The fraction of sp³-hybridized carbons (Fsp3) is 0.385. The molecule has 6 heteroatoms. The predicted octanol–water partition coefficient (Wildman–Crippen LogP) is 1.69. The zero-order valence-corrected chi connectivity index (χ0v) is 12.5. The molecule has 102 valence electrons. The third-order valence-corrected chi connectivity index (χ3v) is 3.32. The molecule has 2 aromatic heterocycles. The highest BCUT2D eigenvalue weighted by Crippen LogP contribution is 2.21. The van der Waals surface area contributed by atoms with Gasteiger partial charge in [-0.05, 0) is 40.9 Å². The summed E-state index contributed by atoms with van der Waals surface area (Å²) in [6.07, 6.45) is 2.52. The Labute approximate surface area is 119 Å². The van der Waals surface area contributed by atoms with Gasteiger partial charge in [0.2, 0.25) is 0 Å². The molecule has 0 aliphatic heterocycles. The first-order valence-corrected chi connectivity index (χ1v) is 6.94. The van der Waals surface area contributed by atoms with Crippen LogP contribution in [-0.4, -0.2) is 33.6 Å². The number of halogens is 1. The van der Waals surface area contributed by atoms with Gasteiger partial charge in [-0.15, -0.1) is 0 Å². The highest BCUT2D eigenvalue weighted by atomic mass is 79.9.